The lowest BCUT2D eigenvalue weighted by molar-refractivity contribution is 0.0979. The number of ketones is 2. The van der Waals surface area contributed by atoms with E-state index in [1.807, 2.05) is 48.5 Å². The zero-order valence-electron chi connectivity index (χ0n) is 22.2. The van der Waals surface area contributed by atoms with Gasteiger partial charge in [-0.25, -0.2) is 0 Å². The third-order valence-electron chi connectivity index (χ3n) is 7.63. The second kappa shape index (κ2) is 10.2. The van der Waals surface area contributed by atoms with E-state index in [1.54, 1.807) is 30.3 Å². The first-order valence-electron chi connectivity index (χ1n) is 13.6. The Labute approximate surface area is 239 Å². The first kappa shape index (κ1) is 24.5. The molecule has 0 amide bonds. The molecule has 41 heavy (non-hydrogen) atoms. The zero-order chi connectivity index (χ0) is 27.8. The Balaban J connectivity index is 1.33. The molecule has 3 heteroatoms. The summed E-state index contributed by atoms with van der Waals surface area (Å²) in [6.07, 6.45) is 0. The van der Waals surface area contributed by atoms with E-state index in [-0.39, 0.29) is 11.6 Å². The maximum atomic E-state index is 13.5. The SMILES string of the molecule is O=C1c2ccccc2C(=O)c2cc(N(c3ccc(-c4ccccc4)cc3)c3ccc(-c4ccccc4)cc3)ccc21. The second-order valence-corrected chi connectivity index (χ2v) is 10.1. The molecule has 194 valence electrons. The van der Waals surface area contributed by atoms with Crippen molar-refractivity contribution in [3.63, 3.8) is 0 Å². The van der Waals surface area contributed by atoms with Gasteiger partial charge in [-0.15, -0.1) is 0 Å². The quantitative estimate of drug-likeness (QED) is 0.224. The first-order valence-corrected chi connectivity index (χ1v) is 13.6. The van der Waals surface area contributed by atoms with Gasteiger partial charge in [0, 0.05) is 39.3 Å². The van der Waals surface area contributed by atoms with Gasteiger partial charge in [0.2, 0.25) is 0 Å². The number of hydrogen-bond donors (Lipinski definition) is 0. The Morgan fingerprint density at radius 3 is 1.17 bits per heavy atom. The maximum absolute atomic E-state index is 13.5. The fraction of sp³-hybridized carbons (Fsp3) is 0. The summed E-state index contributed by atoms with van der Waals surface area (Å²) < 4.78 is 0. The Hall–Kier alpha value is -5.54. The minimum absolute atomic E-state index is 0.118. The van der Waals surface area contributed by atoms with E-state index in [2.05, 4.69) is 77.7 Å². The van der Waals surface area contributed by atoms with Crippen molar-refractivity contribution in [2.45, 2.75) is 0 Å². The van der Waals surface area contributed by atoms with E-state index in [0.717, 1.165) is 39.3 Å². The van der Waals surface area contributed by atoms with Crippen LogP contribution in [-0.4, -0.2) is 11.6 Å². The molecule has 1 aliphatic carbocycles. The minimum atomic E-state index is -0.129. The van der Waals surface area contributed by atoms with Gasteiger partial charge in [-0.3, -0.25) is 9.59 Å². The lowest BCUT2D eigenvalue weighted by Gasteiger charge is -2.27. The van der Waals surface area contributed by atoms with Gasteiger partial charge >= 0.3 is 0 Å². The van der Waals surface area contributed by atoms with Crippen molar-refractivity contribution in [3.8, 4) is 22.3 Å². The summed E-state index contributed by atoms with van der Waals surface area (Å²) in [6.45, 7) is 0. The molecule has 7 rings (SSSR count). The van der Waals surface area contributed by atoms with E-state index >= 15 is 0 Å². The van der Waals surface area contributed by atoms with Crippen LogP contribution in [0.3, 0.4) is 0 Å². The highest BCUT2D eigenvalue weighted by molar-refractivity contribution is 6.28. The van der Waals surface area contributed by atoms with Gasteiger partial charge < -0.3 is 4.90 Å². The Bertz CT molecular complexity index is 1810. The van der Waals surface area contributed by atoms with Gasteiger partial charge in [-0.1, -0.05) is 109 Å². The molecule has 0 unspecified atom stereocenters. The summed E-state index contributed by atoms with van der Waals surface area (Å²) in [5.74, 6) is -0.247. The van der Waals surface area contributed by atoms with E-state index < -0.39 is 0 Å². The third kappa shape index (κ3) is 4.44. The van der Waals surface area contributed by atoms with E-state index in [4.69, 9.17) is 0 Å². The molecule has 6 aromatic carbocycles. The topological polar surface area (TPSA) is 37.4 Å². The fourth-order valence-electron chi connectivity index (χ4n) is 5.54. The predicted molar refractivity (Wildman–Crippen MR) is 165 cm³/mol. The van der Waals surface area contributed by atoms with Crippen LogP contribution in [-0.2, 0) is 0 Å². The molecule has 0 saturated heterocycles. The number of carbonyl (C=O) groups is 2. The number of nitrogens with zero attached hydrogens (tertiary/aromatic N) is 1. The molecule has 0 radical (unpaired) electrons. The molecule has 0 bridgehead atoms. The van der Waals surface area contributed by atoms with Crippen LogP contribution < -0.4 is 4.90 Å². The summed E-state index contributed by atoms with van der Waals surface area (Å²) in [6, 6.07) is 50.0. The van der Waals surface area contributed by atoms with Gasteiger partial charge in [0.05, 0.1) is 0 Å². The number of rotatable bonds is 5. The Kier molecular flexibility index (Phi) is 6.10. The van der Waals surface area contributed by atoms with Gasteiger partial charge in [0.25, 0.3) is 0 Å². The summed E-state index contributed by atoms with van der Waals surface area (Å²) in [4.78, 5) is 28.9. The van der Waals surface area contributed by atoms with Crippen LogP contribution in [0.15, 0.2) is 152 Å². The maximum Gasteiger partial charge on any atom is 0.194 e. The Morgan fingerprint density at radius 1 is 0.317 bits per heavy atom. The predicted octanol–water partition coefficient (Wildman–Crippen LogP) is 9.27. The van der Waals surface area contributed by atoms with Crippen LogP contribution in [0, 0.1) is 0 Å². The molecule has 0 aromatic heterocycles. The molecule has 0 atom stereocenters. The van der Waals surface area contributed by atoms with E-state index in [1.165, 1.54) is 0 Å². The van der Waals surface area contributed by atoms with Crippen molar-refractivity contribution >= 4 is 28.6 Å². The van der Waals surface area contributed by atoms with E-state index in [9.17, 15) is 9.59 Å². The monoisotopic (exact) mass is 527 g/mol. The summed E-state index contributed by atoms with van der Waals surface area (Å²) in [5, 5.41) is 0. The van der Waals surface area contributed by atoms with Crippen LogP contribution in [0.5, 0.6) is 0 Å². The lowest BCUT2D eigenvalue weighted by Crippen LogP contribution is -2.21. The normalized spacial score (nSPS) is 12.0. The number of benzene rings is 6. The van der Waals surface area contributed by atoms with Crippen molar-refractivity contribution in [1.29, 1.82) is 0 Å². The molecule has 6 aromatic rings. The number of hydrogen-bond acceptors (Lipinski definition) is 3. The molecule has 0 heterocycles. The number of fused-ring (bicyclic) bond motifs is 2. The summed E-state index contributed by atoms with van der Waals surface area (Å²) in [7, 11) is 0. The molecule has 0 N–H and O–H groups in total. The van der Waals surface area contributed by atoms with Gasteiger partial charge in [-0.2, -0.15) is 0 Å². The fourth-order valence-corrected chi connectivity index (χ4v) is 5.54. The first-order chi connectivity index (χ1) is 20.2. The molecular formula is C38H25NO2. The smallest absolute Gasteiger partial charge is 0.194 e. The summed E-state index contributed by atoms with van der Waals surface area (Å²) in [5.41, 5.74) is 9.03. The summed E-state index contributed by atoms with van der Waals surface area (Å²) >= 11 is 0. The molecule has 0 saturated carbocycles. The number of anilines is 3. The molecular weight excluding hydrogens is 502 g/mol. The Morgan fingerprint density at radius 2 is 0.683 bits per heavy atom. The van der Waals surface area contributed by atoms with E-state index in [0.29, 0.717) is 22.3 Å². The second-order valence-electron chi connectivity index (χ2n) is 10.1. The molecule has 3 nitrogen and oxygen atoms in total. The average Bonchev–Trinajstić information content (AvgIpc) is 3.05. The zero-order valence-corrected chi connectivity index (χ0v) is 22.2. The van der Waals surface area contributed by atoms with Crippen LogP contribution in [0.4, 0.5) is 17.1 Å². The van der Waals surface area contributed by atoms with Crippen molar-refractivity contribution in [1.82, 2.24) is 0 Å². The highest BCUT2D eigenvalue weighted by Gasteiger charge is 2.30. The lowest BCUT2D eigenvalue weighted by atomic mass is 9.84. The van der Waals surface area contributed by atoms with Gasteiger partial charge in [-0.05, 0) is 64.7 Å². The standard InChI is InChI=1S/C38H25NO2/c40-37-33-13-7-8-14-34(33)38(41)36-25-32(23-24-35(36)37)39(30-19-15-28(16-20-30)26-9-3-1-4-10-26)31-21-17-29(18-22-31)27-11-5-2-6-12-27/h1-25H. The van der Waals surface area contributed by atoms with Gasteiger partial charge in [0.1, 0.15) is 0 Å². The van der Waals surface area contributed by atoms with Crippen molar-refractivity contribution in [2.24, 2.45) is 0 Å². The highest BCUT2D eigenvalue weighted by Crippen LogP contribution is 2.39. The molecule has 0 spiro atoms. The molecule has 1 aliphatic rings. The van der Waals surface area contributed by atoms with Crippen LogP contribution in [0.1, 0.15) is 31.8 Å². The van der Waals surface area contributed by atoms with Crippen molar-refractivity contribution in [2.75, 3.05) is 4.90 Å². The number of carbonyl (C=O) groups excluding carboxylic acids is 2. The minimum Gasteiger partial charge on any atom is -0.310 e. The highest BCUT2D eigenvalue weighted by atomic mass is 16.1. The third-order valence-corrected chi connectivity index (χ3v) is 7.63. The van der Waals surface area contributed by atoms with Crippen LogP contribution in [0.2, 0.25) is 0 Å². The molecule has 0 fully saturated rings. The molecule has 0 aliphatic heterocycles. The van der Waals surface area contributed by atoms with Crippen molar-refractivity contribution < 1.29 is 9.59 Å². The van der Waals surface area contributed by atoms with Crippen molar-refractivity contribution in [3.05, 3.63) is 174 Å². The van der Waals surface area contributed by atoms with Crippen LogP contribution in [0.25, 0.3) is 22.3 Å². The van der Waals surface area contributed by atoms with Gasteiger partial charge in [0.15, 0.2) is 11.6 Å². The largest absolute Gasteiger partial charge is 0.310 e. The van der Waals surface area contributed by atoms with Crippen LogP contribution >= 0.6 is 0 Å². The average molecular weight is 528 g/mol.